The predicted molar refractivity (Wildman–Crippen MR) is 107 cm³/mol. The third-order valence-electron chi connectivity index (χ3n) is 6.70. The van der Waals surface area contributed by atoms with Gasteiger partial charge in [-0.25, -0.2) is 4.79 Å². The van der Waals surface area contributed by atoms with Crippen molar-refractivity contribution in [2.45, 2.75) is 62.1 Å². The van der Waals surface area contributed by atoms with Gasteiger partial charge in [0.15, 0.2) is 0 Å². The second kappa shape index (κ2) is 8.71. The first-order valence-corrected chi connectivity index (χ1v) is 10.6. The highest BCUT2D eigenvalue weighted by molar-refractivity contribution is 5.79. The van der Waals surface area contributed by atoms with Crippen LogP contribution in [0.25, 0.3) is 0 Å². The summed E-state index contributed by atoms with van der Waals surface area (Å²) in [7, 11) is 0. The SMILES string of the molecule is O=C1COC[C@@]2(CCCN(C(=O)O)[C@H]2CO[C@H]2CC[C@@H](c3ccccc3)CC2)N1. The van der Waals surface area contributed by atoms with E-state index in [4.69, 9.17) is 9.47 Å². The Morgan fingerprint density at radius 2 is 2.00 bits per heavy atom. The number of nitrogens with one attached hydrogen (secondary N) is 1. The Balaban J connectivity index is 1.38. The smallest absolute Gasteiger partial charge is 0.407 e. The van der Waals surface area contributed by atoms with E-state index < -0.39 is 17.7 Å². The van der Waals surface area contributed by atoms with Crippen molar-refractivity contribution in [3.05, 3.63) is 35.9 Å². The summed E-state index contributed by atoms with van der Waals surface area (Å²) in [4.78, 5) is 25.3. The number of likely N-dealkylation sites (tertiary alicyclic amines) is 1. The van der Waals surface area contributed by atoms with E-state index in [1.807, 2.05) is 6.07 Å². The summed E-state index contributed by atoms with van der Waals surface area (Å²) < 4.78 is 11.7. The topological polar surface area (TPSA) is 88.1 Å². The maximum absolute atomic E-state index is 12.0. The molecule has 3 aliphatic rings. The molecule has 1 aromatic carbocycles. The summed E-state index contributed by atoms with van der Waals surface area (Å²) in [5.41, 5.74) is 0.698. The lowest BCUT2D eigenvalue weighted by molar-refractivity contribution is -0.143. The van der Waals surface area contributed by atoms with E-state index >= 15 is 0 Å². The lowest BCUT2D eigenvalue weighted by Crippen LogP contribution is -2.71. The first kappa shape index (κ1) is 20.2. The van der Waals surface area contributed by atoms with Crippen LogP contribution in [0.1, 0.15) is 50.0 Å². The third-order valence-corrected chi connectivity index (χ3v) is 6.70. The van der Waals surface area contributed by atoms with Crippen LogP contribution in [0.15, 0.2) is 30.3 Å². The number of ether oxygens (including phenoxy) is 2. The second-order valence-electron chi connectivity index (χ2n) is 8.51. The van der Waals surface area contributed by atoms with E-state index in [0.29, 0.717) is 31.9 Å². The van der Waals surface area contributed by atoms with Gasteiger partial charge in [0, 0.05) is 6.54 Å². The Morgan fingerprint density at radius 1 is 1.24 bits per heavy atom. The van der Waals surface area contributed by atoms with E-state index in [1.165, 1.54) is 10.5 Å². The number of benzene rings is 1. The standard InChI is InChI=1S/C22H30N2O5/c25-20-14-28-15-22(23-20)11-4-12-24(21(26)27)19(22)13-29-18-9-7-17(8-10-18)16-5-2-1-3-6-16/h1-3,5-6,17-19H,4,7-15H2,(H,23,25)(H,26,27)/t17-,18+,19-,22+/m0/s1. The third kappa shape index (κ3) is 4.41. The summed E-state index contributed by atoms with van der Waals surface area (Å²) >= 11 is 0. The molecule has 2 saturated heterocycles. The van der Waals surface area contributed by atoms with Crippen molar-refractivity contribution in [2.75, 3.05) is 26.4 Å². The van der Waals surface area contributed by atoms with Crippen molar-refractivity contribution in [3.8, 4) is 0 Å². The zero-order chi connectivity index (χ0) is 20.3. The van der Waals surface area contributed by atoms with Crippen molar-refractivity contribution in [1.29, 1.82) is 0 Å². The number of piperidine rings is 1. The highest BCUT2D eigenvalue weighted by Gasteiger charge is 2.49. The first-order valence-electron chi connectivity index (χ1n) is 10.6. The van der Waals surface area contributed by atoms with Crippen molar-refractivity contribution in [2.24, 2.45) is 0 Å². The van der Waals surface area contributed by atoms with Crippen LogP contribution in [0.5, 0.6) is 0 Å². The molecule has 29 heavy (non-hydrogen) atoms. The Labute approximate surface area is 171 Å². The number of hydrogen-bond acceptors (Lipinski definition) is 4. The van der Waals surface area contributed by atoms with Crippen LogP contribution in [0.3, 0.4) is 0 Å². The summed E-state index contributed by atoms with van der Waals surface area (Å²) in [5.74, 6) is 0.385. The molecule has 2 N–H and O–H groups in total. The molecule has 1 saturated carbocycles. The number of amides is 2. The Morgan fingerprint density at radius 3 is 2.69 bits per heavy atom. The molecular formula is C22H30N2O5. The molecule has 4 rings (SSSR count). The molecular weight excluding hydrogens is 372 g/mol. The highest BCUT2D eigenvalue weighted by Crippen LogP contribution is 2.35. The fraction of sp³-hybridized carbons (Fsp3) is 0.636. The van der Waals surface area contributed by atoms with Gasteiger partial charge in [-0.15, -0.1) is 0 Å². The average Bonchev–Trinajstić information content (AvgIpc) is 2.73. The molecule has 0 aromatic heterocycles. The summed E-state index contributed by atoms with van der Waals surface area (Å²) in [6.45, 7) is 1.11. The fourth-order valence-electron chi connectivity index (χ4n) is 5.17. The molecule has 0 bridgehead atoms. The normalized spacial score (nSPS) is 32.8. The van der Waals surface area contributed by atoms with E-state index in [0.717, 1.165) is 25.7 Å². The van der Waals surface area contributed by atoms with Gasteiger partial charge in [0.1, 0.15) is 6.61 Å². The van der Waals surface area contributed by atoms with Crippen molar-refractivity contribution in [3.63, 3.8) is 0 Å². The minimum atomic E-state index is -0.967. The summed E-state index contributed by atoms with van der Waals surface area (Å²) in [5, 5.41) is 12.7. The minimum absolute atomic E-state index is 0.0336. The lowest BCUT2D eigenvalue weighted by atomic mass is 9.80. The van der Waals surface area contributed by atoms with Gasteiger partial charge in [-0.05, 0) is 50.0 Å². The van der Waals surface area contributed by atoms with Gasteiger partial charge < -0.3 is 24.8 Å². The fourth-order valence-corrected chi connectivity index (χ4v) is 5.17. The average molecular weight is 402 g/mol. The molecule has 2 amide bonds. The number of nitrogens with zero attached hydrogens (tertiary/aromatic N) is 1. The van der Waals surface area contributed by atoms with E-state index in [-0.39, 0.29) is 25.2 Å². The second-order valence-corrected chi connectivity index (χ2v) is 8.51. The van der Waals surface area contributed by atoms with Crippen LogP contribution >= 0.6 is 0 Å². The Hall–Kier alpha value is -2.12. The monoisotopic (exact) mass is 402 g/mol. The predicted octanol–water partition coefficient (Wildman–Crippen LogP) is 2.76. The van der Waals surface area contributed by atoms with Crippen LogP contribution in [0.4, 0.5) is 4.79 Å². The van der Waals surface area contributed by atoms with E-state index in [9.17, 15) is 14.7 Å². The Kier molecular flexibility index (Phi) is 6.06. The van der Waals surface area contributed by atoms with Crippen LogP contribution in [0.2, 0.25) is 0 Å². The van der Waals surface area contributed by atoms with Gasteiger partial charge >= 0.3 is 6.09 Å². The van der Waals surface area contributed by atoms with E-state index in [1.54, 1.807) is 0 Å². The number of rotatable bonds is 4. The van der Waals surface area contributed by atoms with Gasteiger partial charge in [0.2, 0.25) is 5.91 Å². The molecule has 158 valence electrons. The minimum Gasteiger partial charge on any atom is -0.465 e. The van der Waals surface area contributed by atoms with Crippen LogP contribution in [0, 0.1) is 0 Å². The maximum atomic E-state index is 12.0. The molecule has 1 aromatic rings. The quantitative estimate of drug-likeness (QED) is 0.809. The van der Waals surface area contributed by atoms with Gasteiger partial charge in [-0.3, -0.25) is 4.79 Å². The summed E-state index contributed by atoms with van der Waals surface area (Å²) in [6.07, 6.45) is 4.66. The first-order chi connectivity index (χ1) is 14.1. The van der Waals surface area contributed by atoms with Crippen molar-refractivity contribution in [1.82, 2.24) is 10.2 Å². The van der Waals surface area contributed by atoms with Crippen molar-refractivity contribution < 1.29 is 24.2 Å². The molecule has 1 spiro atoms. The highest BCUT2D eigenvalue weighted by atomic mass is 16.5. The largest absolute Gasteiger partial charge is 0.465 e. The van der Waals surface area contributed by atoms with E-state index in [2.05, 4.69) is 29.6 Å². The molecule has 7 nitrogen and oxygen atoms in total. The zero-order valence-electron chi connectivity index (χ0n) is 16.7. The number of morpholine rings is 1. The van der Waals surface area contributed by atoms with Crippen LogP contribution < -0.4 is 5.32 Å². The molecule has 2 aliphatic heterocycles. The molecule has 3 fully saturated rings. The molecule has 0 radical (unpaired) electrons. The van der Waals surface area contributed by atoms with Gasteiger partial charge in [-0.2, -0.15) is 0 Å². The van der Waals surface area contributed by atoms with Crippen LogP contribution in [-0.2, 0) is 14.3 Å². The molecule has 2 heterocycles. The van der Waals surface area contributed by atoms with Crippen LogP contribution in [-0.4, -0.2) is 66.1 Å². The Bertz CT molecular complexity index is 715. The van der Waals surface area contributed by atoms with Gasteiger partial charge in [0.25, 0.3) is 0 Å². The van der Waals surface area contributed by atoms with Crippen molar-refractivity contribution >= 4 is 12.0 Å². The van der Waals surface area contributed by atoms with Gasteiger partial charge in [-0.1, -0.05) is 30.3 Å². The number of carboxylic acid groups (broad SMARTS) is 1. The lowest BCUT2D eigenvalue weighted by Gasteiger charge is -2.50. The zero-order valence-corrected chi connectivity index (χ0v) is 16.7. The molecule has 0 unspecified atom stereocenters. The summed E-state index contributed by atoms with van der Waals surface area (Å²) in [6, 6.07) is 10.2. The molecule has 2 atom stereocenters. The maximum Gasteiger partial charge on any atom is 0.407 e. The number of hydrogen-bond donors (Lipinski definition) is 2. The van der Waals surface area contributed by atoms with Gasteiger partial charge in [0.05, 0.1) is 30.9 Å². The number of carbonyl (C=O) groups is 2. The number of carbonyl (C=O) groups excluding carboxylic acids is 1. The molecule has 7 heteroatoms. The molecule has 1 aliphatic carbocycles.